The minimum Gasteiger partial charge on any atom is -0.425 e. The maximum absolute atomic E-state index is 12.9. The van der Waals surface area contributed by atoms with Crippen molar-refractivity contribution < 1.29 is 13.9 Å². The molecule has 0 spiro atoms. The SMILES string of the molecule is COC[C@@H]1CN(C(=O)c2cnccc2C)C[C@H]1c1nnc(C(C)C)o1. The first kappa shape index (κ1) is 17.5. The van der Waals surface area contributed by atoms with Crippen LogP contribution in [-0.2, 0) is 4.74 Å². The summed E-state index contributed by atoms with van der Waals surface area (Å²) in [5, 5.41) is 8.34. The summed E-state index contributed by atoms with van der Waals surface area (Å²) in [4.78, 5) is 18.8. The van der Waals surface area contributed by atoms with Gasteiger partial charge >= 0.3 is 0 Å². The minimum atomic E-state index is -0.0159. The molecule has 0 aromatic carbocycles. The van der Waals surface area contributed by atoms with Gasteiger partial charge in [0.1, 0.15) is 0 Å². The van der Waals surface area contributed by atoms with E-state index in [2.05, 4.69) is 15.2 Å². The molecule has 0 aliphatic carbocycles. The standard InChI is InChI=1S/C18H24N4O3/c1-11(2)16-20-21-17(25-16)15-9-22(8-13(15)10-24-4)18(23)14-7-19-6-5-12(14)3/h5-7,11,13,15H,8-10H2,1-4H3/t13-,15+/m0/s1. The van der Waals surface area contributed by atoms with Gasteiger partial charge in [0.25, 0.3) is 5.91 Å². The monoisotopic (exact) mass is 344 g/mol. The lowest BCUT2D eigenvalue weighted by molar-refractivity contribution is 0.0774. The molecule has 2 atom stereocenters. The smallest absolute Gasteiger partial charge is 0.255 e. The second-order valence-corrected chi connectivity index (χ2v) is 6.86. The third kappa shape index (κ3) is 3.56. The molecule has 7 heteroatoms. The lowest BCUT2D eigenvalue weighted by Crippen LogP contribution is -2.30. The Kier molecular flexibility index (Phi) is 5.13. The predicted octanol–water partition coefficient (Wildman–Crippen LogP) is 2.40. The fourth-order valence-corrected chi connectivity index (χ4v) is 3.19. The van der Waals surface area contributed by atoms with Crippen molar-refractivity contribution in [1.82, 2.24) is 20.1 Å². The summed E-state index contributed by atoms with van der Waals surface area (Å²) in [7, 11) is 1.67. The largest absolute Gasteiger partial charge is 0.425 e. The number of carbonyl (C=O) groups is 1. The highest BCUT2D eigenvalue weighted by molar-refractivity contribution is 5.95. The molecule has 0 saturated carbocycles. The number of hydrogen-bond donors (Lipinski definition) is 0. The zero-order valence-electron chi connectivity index (χ0n) is 15.1. The fraction of sp³-hybridized carbons (Fsp3) is 0.556. The van der Waals surface area contributed by atoms with Gasteiger partial charge in [-0.05, 0) is 18.6 Å². The van der Waals surface area contributed by atoms with Crippen LogP contribution < -0.4 is 0 Å². The van der Waals surface area contributed by atoms with Gasteiger partial charge in [0.05, 0.1) is 18.1 Å². The van der Waals surface area contributed by atoms with Crippen molar-refractivity contribution in [3.05, 3.63) is 41.4 Å². The topological polar surface area (TPSA) is 81.4 Å². The number of likely N-dealkylation sites (tertiary alicyclic amines) is 1. The Bertz CT molecular complexity index is 743. The van der Waals surface area contributed by atoms with Crippen LogP contribution in [0, 0.1) is 12.8 Å². The van der Waals surface area contributed by atoms with Crippen molar-refractivity contribution in [2.24, 2.45) is 5.92 Å². The molecule has 2 aromatic heterocycles. The maximum atomic E-state index is 12.9. The highest BCUT2D eigenvalue weighted by atomic mass is 16.5. The number of nitrogens with zero attached hydrogens (tertiary/aromatic N) is 4. The van der Waals surface area contributed by atoms with Gasteiger partial charge in [0.15, 0.2) is 0 Å². The molecule has 1 aliphatic heterocycles. The first-order chi connectivity index (χ1) is 12.0. The van der Waals surface area contributed by atoms with Crippen LogP contribution in [0.3, 0.4) is 0 Å². The first-order valence-electron chi connectivity index (χ1n) is 8.53. The molecular formula is C18H24N4O3. The Balaban J connectivity index is 1.82. The second-order valence-electron chi connectivity index (χ2n) is 6.86. The van der Waals surface area contributed by atoms with Crippen molar-refractivity contribution in [3.63, 3.8) is 0 Å². The van der Waals surface area contributed by atoms with Crippen LogP contribution >= 0.6 is 0 Å². The molecule has 1 saturated heterocycles. The summed E-state index contributed by atoms with van der Waals surface area (Å²) in [5.74, 6) is 1.49. The van der Waals surface area contributed by atoms with Crippen molar-refractivity contribution in [2.75, 3.05) is 26.8 Å². The Morgan fingerprint density at radius 3 is 2.84 bits per heavy atom. The Labute approximate surface area is 147 Å². The molecule has 1 fully saturated rings. The van der Waals surface area contributed by atoms with Gasteiger partial charge in [0, 0.05) is 44.4 Å². The third-order valence-electron chi connectivity index (χ3n) is 4.65. The van der Waals surface area contributed by atoms with E-state index < -0.39 is 0 Å². The number of hydrogen-bond acceptors (Lipinski definition) is 6. The molecule has 7 nitrogen and oxygen atoms in total. The zero-order valence-corrected chi connectivity index (χ0v) is 15.1. The molecule has 3 rings (SSSR count). The lowest BCUT2D eigenvalue weighted by Gasteiger charge is -2.17. The van der Waals surface area contributed by atoms with Crippen molar-refractivity contribution in [1.29, 1.82) is 0 Å². The minimum absolute atomic E-state index is 0.0131. The van der Waals surface area contributed by atoms with E-state index >= 15 is 0 Å². The van der Waals surface area contributed by atoms with Crippen LogP contribution in [0.5, 0.6) is 0 Å². The highest BCUT2D eigenvalue weighted by Crippen LogP contribution is 2.34. The summed E-state index contributed by atoms with van der Waals surface area (Å²) in [6, 6.07) is 1.85. The molecule has 3 heterocycles. The second kappa shape index (κ2) is 7.31. The number of methoxy groups -OCH3 is 1. The van der Waals surface area contributed by atoms with Crippen molar-refractivity contribution >= 4 is 5.91 Å². The number of amides is 1. The summed E-state index contributed by atoms with van der Waals surface area (Å²) >= 11 is 0. The number of pyridine rings is 1. The van der Waals surface area contributed by atoms with Crippen LogP contribution in [0.15, 0.2) is 22.9 Å². The van der Waals surface area contributed by atoms with Gasteiger partial charge in [-0.3, -0.25) is 9.78 Å². The number of carbonyl (C=O) groups excluding carboxylic acids is 1. The quantitative estimate of drug-likeness (QED) is 0.828. The average molecular weight is 344 g/mol. The van der Waals surface area contributed by atoms with E-state index in [1.807, 2.05) is 31.7 Å². The average Bonchev–Trinajstić information content (AvgIpc) is 3.22. The van der Waals surface area contributed by atoms with Crippen LogP contribution in [0.2, 0.25) is 0 Å². The summed E-state index contributed by atoms with van der Waals surface area (Å²) in [5.41, 5.74) is 1.55. The van der Waals surface area contributed by atoms with Crippen LogP contribution in [0.1, 0.15) is 53.4 Å². The van der Waals surface area contributed by atoms with E-state index in [4.69, 9.17) is 9.15 Å². The fourth-order valence-electron chi connectivity index (χ4n) is 3.19. The molecule has 0 N–H and O–H groups in total. The molecule has 0 bridgehead atoms. The van der Waals surface area contributed by atoms with Gasteiger partial charge in [-0.1, -0.05) is 13.8 Å². The van der Waals surface area contributed by atoms with Crippen molar-refractivity contribution in [2.45, 2.75) is 32.6 Å². The van der Waals surface area contributed by atoms with Gasteiger partial charge in [-0.25, -0.2) is 0 Å². The summed E-state index contributed by atoms with van der Waals surface area (Å²) in [6.45, 7) is 7.63. The van der Waals surface area contributed by atoms with E-state index in [1.165, 1.54) is 0 Å². The van der Waals surface area contributed by atoms with Crippen LogP contribution in [-0.4, -0.2) is 52.8 Å². The molecule has 134 valence electrons. The van der Waals surface area contributed by atoms with Gasteiger partial charge in [-0.2, -0.15) is 0 Å². The Morgan fingerprint density at radius 1 is 1.40 bits per heavy atom. The molecule has 2 aromatic rings. The number of aromatic nitrogens is 3. The first-order valence-corrected chi connectivity index (χ1v) is 8.53. The van der Waals surface area contributed by atoms with E-state index in [9.17, 15) is 4.79 Å². The molecule has 1 aliphatic rings. The number of rotatable bonds is 5. The van der Waals surface area contributed by atoms with Crippen LogP contribution in [0.25, 0.3) is 0 Å². The predicted molar refractivity (Wildman–Crippen MR) is 91.4 cm³/mol. The summed E-state index contributed by atoms with van der Waals surface area (Å²) in [6.07, 6.45) is 3.32. The van der Waals surface area contributed by atoms with Gasteiger partial charge in [0.2, 0.25) is 11.8 Å². The third-order valence-corrected chi connectivity index (χ3v) is 4.65. The van der Waals surface area contributed by atoms with E-state index in [0.29, 0.717) is 37.0 Å². The highest BCUT2D eigenvalue weighted by Gasteiger charge is 2.40. The van der Waals surface area contributed by atoms with E-state index in [-0.39, 0.29) is 23.7 Å². The molecule has 0 radical (unpaired) electrons. The van der Waals surface area contributed by atoms with Gasteiger partial charge < -0.3 is 14.1 Å². The van der Waals surface area contributed by atoms with E-state index in [0.717, 1.165) is 5.56 Å². The number of ether oxygens (including phenoxy) is 1. The normalized spacial score (nSPS) is 20.4. The molecular weight excluding hydrogens is 320 g/mol. The lowest BCUT2D eigenvalue weighted by atomic mass is 9.97. The molecule has 25 heavy (non-hydrogen) atoms. The maximum Gasteiger partial charge on any atom is 0.255 e. The summed E-state index contributed by atoms with van der Waals surface area (Å²) < 4.78 is 11.2. The van der Waals surface area contributed by atoms with Gasteiger partial charge in [-0.15, -0.1) is 10.2 Å². The molecule has 1 amide bonds. The van der Waals surface area contributed by atoms with Crippen molar-refractivity contribution in [3.8, 4) is 0 Å². The van der Waals surface area contributed by atoms with Crippen LogP contribution in [0.4, 0.5) is 0 Å². The molecule has 0 unspecified atom stereocenters. The Hall–Kier alpha value is -2.28. The number of aryl methyl sites for hydroxylation is 1. The zero-order chi connectivity index (χ0) is 18.0. The van der Waals surface area contributed by atoms with E-state index in [1.54, 1.807) is 19.5 Å². The Morgan fingerprint density at radius 2 is 2.20 bits per heavy atom.